The third-order valence-corrected chi connectivity index (χ3v) is 2.89. The van der Waals surface area contributed by atoms with Gasteiger partial charge < -0.3 is 5.11 Å². The van der Waals surface area contributed by atoms with Gasteiger partial charge in [-0.2, -0.15) is 12.6 Å². The average Bonchev–Trinajstić information content (AvgIpc) is 2.35. The molecule has 5 heteroatoms. The number of rotatable bonds is 6. The minimum absolute atomic E-state index is 0.143. The molecular weight excluding hydrogens is 252 g/mol. The molecule has 0 saturated carbocycles. The predicted molar refractivity (Wildman–Crippen MR) is 70.1 cm³/mol. The van der Waals surface area contributed by atoms with Gasteiger partial charge in [-0.25, -0.2) is 0 Å². The van der Waals surface area contributed by atoms with E-state index in [0.29, 0.717) is 5.56 Å². The molecule has 0 heterocycles. The summed E-state index contributed by atoms with van der Waals surface area (Å²) in [6.07, 6.45) is -0.494. The lowest BCUT2D eigenvalue weighted by molar-refractivity contribution is -0.139. The van der Waals surface area contributed by atoms with Gasteiger partial charge in [0.15, 0.2) is 11.6 Å². The Labute approximate surface area is 110 Å². The van der Waals surface area contributed by atoms with Crippen LogP contribution in [0.1, 0.15) is 22.3 Å². The Balaban J connectivity index is 2.98. The molecule has 0 aliphatic heterocycles. The topological polar surface area (TPSA) is 71.4 Å². The van der Waals surface area contributed by atoms with Crippen molar-refractivity contribution in [1.29, 1.82) is 0 Å². The predicted octanol–water partition coefficient (Wildman–Crippen LogP) is 1.77. The lowest BCUT2D eigenvalue weighted by Gasteiger charge is -2.11. The summed E-state index contributed by atoms with van der Waals surface area (Å²) in [7, 11) is 0. The number of carbonyl (C=O) groups excluding carboxylic acids is 2. The maximum absolute atomic E-state index is 12.1. The quantitative estimate of drug-likeness (QED) is 0.467. The number of benzene rings is 1. The van der Waals surface area contributed by atoms with E-state index in [1.165, 1.54) is 0 Å². The van der Waals surface area contributed by atoms with E-state index in [0.717, 1.165) is 5.56 Å². The van der Waals surface area contributed by atoms with Gasteiger partial charge in [-0.05, 0) is 6.92 Å². The smallest absolute Gasteiger partial charge is 0.304 e. The van der Waals surface area contributed by atoms with Crippen LogP contribution in [0.4, 0.5) is 0 Å². The van der Waals surface area contributed by atoms with E-state index < -0.39 is 29.9 Å². The van der Waals surface area contributed by atoms with E-state index in [1.54, 1.807) is 24.3 Å². The number of carboxylic acid groups (broad SMARTS) is 1. The minimum atomic E-state index is -1.17. The summed E-state index contributed by atoms with van der Waals surface area (Å²) < 4.78 is 0. The van der Waals surface area contributed by atoms with Crippen LogP contribution in [-0.2, 0) is 9.59 Å². The van der Waals surface area contributed by atoms with Crippen LogP contribution in [0.15, 0.2) is 24.3 Å². The number of carbonyl (C=O) groups is 3. The number of carboxylic acids is 1. The van der Waals surface area contributed by atoms with E-state index >= 15 is 0 Å². The van der Waals surface area contributed by atoms with Crippen LogP contribution >= 0.6 is 12.6 Å². The molecule has 1 aromatic carbocycles. The molecule has 0 aliphatic carbocycles. The number of aliphatic carboxylic acids is 1. The number of hydrogen-bond acceptors (Lipinski definition) is 4. The second-order valence-electron chi connectivity index (χ2n) is 4.01. The van der Waals surface area contributed by atoms with Gasteiger partial charge in [0.25, 0.3) is 0 Å². The van der Waals surface area contributed by atoms with E-state index in [9.17, 15) is 14.4 Å². The molecule has 1 N–H and O–H groups in total. The van der Waals surface area contributed by atoms with Gasteiger partial charge in [0.2, 0.25) is 0 Å². The summed E-state index contributed by atoms with van der Waals surface area (Å²) in [5.41, 5.74) is 1.34. The molecule has 96 valence electrons. The summed E-state index contributed by atoms with van der Waals surface area (Å²) in [6.45, 7) is 1.88. The monoisotopic (exact) mass is 266 g/mol. The zero-order valence-corrected chi connectivity index (χ0v) is 10.8. The van der Waals surface area contributed by atoms with E-state index in [1.807, 2.05) is 6.92 Å². The van der Waals surface area contributed by atoms with Crippen molar-refractivity contribution in [2.45, 2.75) is 13.3 Å². The van der Waals surface area contributed by atoms with E-state index in [4.69, 9.17) is 5.11 Å². The van der Waals surface area contributed by atoms with Crippen molar-refractivity contribution in [3.05, 3.63) is 35.4 Å². The summed E-state index contributed by atoms with van der Waals surface area (Å²) in [5, 5.41) is 8.74. The highest BCUT2D eigenvalue weighted by molar-refractivity contribution is 7.81. The second kappa shape index (κ2) is 6.35. The Hall–Kier alpha value is -1.62. The molecule has 0 aliphatic rings. The molecule has 0 amide bonds. The van der Waals surface area contributed by atoms with Gasteiger partial charge in [-0.3, -0.25) is 14.4 Å². The molecular formula is C13H14O4S. The van der Waals surface area contributed by atoms with Crippen LogP contribution in [0.5, 0.6) is 0 Å². The molecule has 1 aromatic rings. The average molecular weight is 266 g/mol. The van der Waals surface area contributed by atoms with Crippen LogP contribution in [0, 0.1) is 12.8 Å². The number of thiol groups is 1. The Bertz CT molecular complexity index is 464. The first-order valence-corrected chi connectivity index (χ1v) is 6.05. The molecule has 0 fully saturated rings. The molecule has 0 saturated heterocycles. The fraction of sp³-hybridized carbons (Fsp3) is 0.308. The van der Waals surface area contributed by atoms with Crippen molar-refractivity contribution in [2.75, 3.05) is 5.75 Å². The summed E-state index contributed by atoms with van der Waals surface area (Å²) in [5.74, 6) is -3.39. The maximum Gasteiger partial charge on any atom is 0.304 e. The molecule has 1 atom stereocenters. The van der Waals surface area contributed by atoms with Crippen LogP contribution in [-0.4, -0.2) is 28.4 Å². The van der Waals surface area contributed by atoms with Crippen LogP contribution in [0.3, 0.4) is 0 Å². The van der Waals surface area contributed by atoms with Crippen molar-refractivity contribution in [3.8, 4) is 0 Å². The lowest BCUT2D eigenvalue weighted by Crippen LogP contribution is -2.28. The van der Waals surface area contributed by atoms with E-state index in [-0.39, 0.29) is 5.75 Å². The van der Waals surface area contributed by atoms with Crippen molar-refractivity contribution in [2.24, 2.45) is 5.92 Å². The van der Waals surface area contributed by atoms with E-state index in [2.05, 4.69) is 12.6 Å². The highest BCUT2D eigenvalue weighted by Crippen LogP contribution is 2.15. The standard InChI is InChI=1S/C13H14O4S/c1-8-2-4-9(5-3-8)13(17)10(6-12(15)16)11(14)7-18/h2-5,10,18H,6-7H2,1H3,(H,15,16). The molecule has 1 unspecified atom stereocenters. The molecule has 18 heavy (non-hydrogen) atoms. The first-order valence-electron chi connectivity index (χ1n) is 5.42. The zero-order valence-electron chi connectivity index (χ0n) is 9.92. The molecule has 0 bridgehead atoms. The van der Waals surface area contributed by atoms with Gasteiger partial charge in [0.1, 0.15) is 0 Å². The Morgan fingerprint density at radius 2 is 1.78 bits per heavy atom. The second-order valence-corrected chi connectivity index (χ2v) is 4.32. The van der Waals surface area contributed by atoms with Crippen LogP contribution in [0.25, 0.3) is 0 Å². The first kappa shape index (κ1) is 14.4. The Morgan fingerprint density at radius 3 is 2.22 bits per heavy atom. The molecule has 1 rings (SSSR count). The highest BCUT2D eigenvalue weighted by Gasteiger charge is 2.28. The molecule has 4 nitrogen and oxygen atoms in total. The largest absolute Gasteiger partial charge is 0.481 e. The van der Waals surface area contributed by atoms with Crippen LogP contribution in [0.2, 0.25) is 0 Å². The van der Waals surface area contributed by atoms with Gasteiger partial charge in [-0.15, -0.1) is 0 Å². The van der Waals surface area contributed by atoms with Gasteiger partial charge in [-0.1, -0.05) is 29.8 Å². The van der Waals surface area contributed by atoms with Crippen LogP contribution < -0.4 is 0 Å². The summed E-state index contributed by atoms with van der Waals surface area (Å²) in [6, 6.07) is 6.68. The lowest BCUT2D eigenvalue weighted by atomic mass is 9.91. The first-order chi connectivity index (χ1) is 8.45. The third kappa shape index (κ3) is 3.70. The number of aryl methyl sites for hydroxylation is 1. The van der Waals surface area contributed by atoms with Gasteiger partial charge in [0, 0.05) is 11.3 Å². The summed E-state index contributed by atoms with van der Waals surface area (Å²) >= 11 is 3.81. The number of ketones is 2. The van der Waals surface area contributed by atoms with Crippen molar-refractivity contribution in [1.82, 2.24) is 0 Å². The Kier molecular flexibility index (Phi) is 5.09. The Morgan fingerprint density at radius 1 is 1.22 bits per heavy atom. The third-order valence-electron chi connectivity index (χ3n) is 2.58. The SMILES string of the molecule is Cc1ccc(C(=O)C(CC(=O)O)C(=O)CS)cc1. The van der Waals surface area contributed by atoms with Gasteiger partial charge in [0.05, 0.1) is 12.3 Å². The fourth-order valence-corrected chi connectivity index (χ4v) is 1.78. The maximum atomic E-state index is 12.1. The number of hydrogen-bond donors (Lipinski definition) is 2. The number of Topliss-reactive ketones (excluding diaryl/α,β-unsaturated/α-hetero) is 2. The van der Waals surface area contributed by atoms with Crippen molar-refractivity contribution in [3.63, 3.8) is 0 Å². The normalized spacial score (nSPS) is 11.9. The summed E-state index contributed by atoms with van der Waals surface area (Å²) in [4.78, 5) is 34.3. The molecule has 0 spiro atoms. The zero-order chi connectivity index (χ0) is 13.7. The minimum Gasteiger partial charge on any atom is -0.481 e. The highest BCUT2D eigenvalue weighted by atomic mass is 32.1. The fourth-order valence-electron chi connectivity index (χ4n) is 1.56. The van der Waals surface area contributed by atoms with Crippen molar-refractivity contribution < 1.29 is 19.5 Å². The molecule has 0 aromatic heterocycles. The van der Waals surface area contributed by atoms with Gasteiger partial charge >= 0.3 is 5.97 Å². The molecule has 0 radical (unpaired) electrons. The van der Waals surface area contributed by atoms with Crippen molar-refractivity contribution >= 4 is 30.2 Å².